The number of amides is 1. The molecule has 0 aromatic heterocycles. The second-order valence-corrected chi connectivity index (χ2v) is 3.89. The van der Waals surface area contributed by atoms with Gasteiger partial charge in [-0.05, 0) is 13.3 Å². The molecule has 0 aliphatic heterocycles. The molecule has 0 aromatic rings. The van der Waals surface area contributed by atoms with Crippen molar-refractivity contribution in [1.82, 2.24) is 5.32 Å². The van der Waals surface area contributed by atoms with Crippen LogP contribution < -0.4 is 11.1 Å². The molecule has 0 aliphatic rings. The first-order valence-electron chi connectivity index (χ1n) is 4.90. The smallest absolute Gasteiger partial charge is 0.382 e. The van der Waals surface area contributed by atoms with Gasteiger partial charge in [-0.3, -0.25) is 4.79 Å². The minimum Gasteiger partial charge on any atom is -0.382 e. The first-order chi connectivity index (χ1) is 7.17. The zero-order valence-electron chi connectivity index (χ0n) is 9.27. The van der Waals surface area contributed by atoms with E-state index in [4.69, 9.17) is 10.8 Å². The molecule has 4 N–H and O–H groups in total. The van der Waals surface area contributed by atoms with E-state index in [9.17, 15) is 18.0 Å². The molecule has 0 aliphatic carbocycles. The quantitative estimate of drug-likeness (QED) is 0.653. The van der Waals surface area contributed by atoms with Gasteiger partial charge < -0.3 is 16.2 Å². The summed E-state index contributed by atoms with van der Waals surface area (Å²) in [6.07, 6.45) is -6.86. The highest BCUT2D eigenvalue weighted by Gasteiger charge is 2.39. The van der Waals surface area contributed by atoms with Crippen molar-refractivity contribution in [3.8, 4) is 0 Å². The normalized spacial score (nSPS) is 17.7. The van der Waals surface area contributed by atoms with Gasteiger partial charge >= 0.3 is 6.18 Å². The molecule has 16 heavy (non-hydrogen) atoms. The Morgan fingerprint density at radius 2 is 2.00 bits per heavy atom. The van der Waals surface area contributed by atoms with Crippen molar-refractivity contribution in [3.63, 3.8) is 0 Å². The predicted octanol–water partition coefficient (Wildman–Crippen LogP) is 0.401. The number of aliphatic hydroxyl groups is 1. The van der Waals surface area contributed by atoms with E-state index in [1.807, 2.05) is 5.32 Å². The summed E-state index contributed by atoms with van der Waals surface area (Å²) in [4.78, 5) is 11.5. The summed E-state index contributed by atoms with van der Waals surface area (Å²) in [6, 6.07) is 0. The summed E-state index contributed by atoms with van der Waals surface area (Å²) < 4.78 is 35.8. The van der Waals surface area contributed by atoms with Gasteiger partial charge in [0.25, 0.3) is 0 Å². The van der Waals surface area contributed by atoms with Crippen LogP contribution in [-0.4, -0.2) is 36.4 Å². The Morgan fingerprint density at radius 1 is 1.50 bits per heavy atom. The monoisotopic (exact) mass is 242 g/mol. The van der Waals surface area contributed by atoms with E-state index in [2.05, 4.69) is 0 Å². The highest BCUT2D eigenvalue weighted by molar-refractivity contribution is 5.82. The molecule has 0 bridgehead atoms. The summed E-state index contributed by atoms with van der Waals surface area (Å²) in [5, 5.41) is 10.7. The van der Waals surface area contributed by atoms with Crippen LogP contribution in [0, 0.1) is 5.41 Å². The van der Waals surface area contributed by atoms with Gasteiger partial charge in [0.15, 0.2) is 6.10 Å². The molecule has 96 valence electrons. The number of aliphatic hydroxyl groups excluding tert-OH is 1. The van der Waals surface area contributed by atoms with Gasteiger partial charge in [0.05, 0.1) is 12.0 Å². The number of alkyl halides is 3. The molecule has 2 unspecified atom stereocenters. The summed E-state index contributed by atoms with van der Waals surface area (Å²) >= 11 is 0. The standard InChI is InChI=1S/C9H17F3N2O2/c1-3-8(2,5-13)7(16)14-4-6(15)9(10,11)12/h6,15H,3-5,13H2,1-2H3,(H,14,16). The maximum atomic E-state index is 11.9. The van der Waals surface area contributed by atoms with E-state index in [0.717, 1.165) is 0 Å². The Hall–Kier alpha value is -0.820. The third-order valence-corrected chi connectivity index (χ3v) is 2.61. The van der Waals surface area contributed by atoms with Gasteiger partial charge in [-0.1, -0.05) is 6.92 Å². The maximum absolute atomic E-state index is 11.9. The molecule has 1 amide bonds. The lowest BCUT2D eigenvalue weighted by atomic mass is 9.86. The fourth-order valence-corrected chi connectivity index (χ4v) is 0.916. The Balaban J connectivity index is 4.28. The Bertz CT molecular complexity index is 239. The van der Waals surface area contributed by atoms with Crippen LogP contribution in [0.4, 0.5) is 13.2 Å². The fourth-order valence-electron chi connectivity index (χ4n) is 0.916. The first-order valence-corrected chi connectivity index (χ1v) is 4.90. The van der Waals surface area contributed by atoms with Crippen molar-refractivity contribution in [2.24, 2.45) is 11.1 Å². The van der Waals surface area contributed by atoms with Crippen molar-refractivity contribution in [2.45, 2.75) is 32.5 Å². The maximum Gasteiger partial charge on any atom is 0.416 e. The van der Waals surface area contributed by atoms with Crippen LogP contribution in [0.15, 0.2) is 0 Å². The van der Waals surface area contributed by atoms with Gasteiger partial charge in [-0.25, -0.2) is 0 Å². The number of carbonyl (C=O) groups is 1. The van der Waals surface area contributed by atoms with Gasteiger partial charge in [0.2, 0.25) is 5.91 Å². The number of nitrogens with two attached hydrogens (primary N) is 1. The molecule has 0 saturated carbocycles. The molecule has 4 nitrogen and oxygen atoms in total. The number of halogens is 3. The minimum atomic E-state index is -4.72. The lowest BCUT2D eigenvalue weighted by Gasteiger charge is -2.26. The molecule has 0 radical (unpaired) electrons. The summed E-state index contributed by atoms with van der Waals surface area (Å²) in [6.45, 7) is 2.46. The number of hydrogen-bond donors (Lipinski definition) is 3. The molecule has 0 saturated heterocycles. The van der Waals surface area contributed by atoms with Crippen molar-refractivity contribution >= 4 is 5.91 Å². The molecular weight excluding hydrogens is 225 g/mol. The van der Waals surface area contributed by atoms with Gasteiger partial charge in [-0.2, -0.15) is 13.2 Å². The van der Waals surface area contributed by atoms with Crippen LogP contribution in [0.2, 0.25) is 0 Å². The van der Waals surface area contributed by atoms with Crippen LogP contribution >= 0.6 is 0 Å². The van der Waals surface area contributed by atoms with E-state index in [1.165, 1.54) is 0 Å². The van der Waals surface area contributed by atoms with E-state index in [0.29, 0.717) is 6.42 Å². The van der Waals surface area contributed by atoms with Crippen LogP contribution in [0.25, 0.3) is 0 Å². The van der Waals surface area contributed by atoms with E-state index >= 15 is 0 Å². The summed E-state index contributed by atoms with van der Waals surface area (Å²) in [5.74, 6) is -0.583. The van der Waals surface area contributed by atoms with Crippen LogP contribution in [0.1, 0.15) is 20.3 Å². The predicted molar refractivity (Wildman–Crippen MR) is 52.5 cm³/mol. The molecule has 0 aromatic carbocycles. The zero-order valence-corrected chi connectivity index (χ0v) is 9.27. The fraction of sp³-hybridized carbons (Fsp3) is 0.889. The number of nitrogens with one attached hydrogen (secondary N) is 1. The molecule has 0 heterocycles. The van der Waals surface area contributed by atoms with Crippen molar-refractivity contribution < 1.29 is 23.1 Å². The molecular formula is C9H17F3N2O2. The van der Waals surface area contributed by atoms with Crippen LogP contribution in [0.3, 0.4) is 0 Å². The average molecular weight is 242 g/mol. The Labute approximate surface area is 92.0 Å². The van der Waals surface area contributed by atoms with Crippen molar-refractivity contribution in [2.75, 3.05) is 13.1 Å². The van der Waals surface area contributed by atoms with E-state index < -0.39 is 30.1 Å². The Morgan fingerprint density at radius 3 is 2.31 bits per heavy atom. The van der Waals surface area contributed by atoms with Gasteiger partial charge in [0.1, 0.15) is 0 Å². The molecule has 0 fully saturated rings. The lowest BCUT2D eigenvalue weighted by Crippen LogP contribution is -2.48. The second kappa shape index (κ2) is 5.49. The van der Waals surface area contributed by atoms with Crippen LogP contribution in [0.5, 0.6) is 0 Å². The number of hydrogen-bond acceptors (Lipinski definition) is 3. The second-order valence-electron chi connectivity index (χ2n) is 3.89. The topological polar surface area (TPSA) is 75.4 Å². The number of rotatable bonds is 5. The average Bonchev–Trinajstić information content (AvgIpc) is 2.22. The van der Waals surface area contributed by atoms with Gasteiger partial charge in [-0.15, -0.1) is 0 Å². The van der Waals surface area contributed by atoms with E-state index in [1.54, 1.807) is 13.8 Å². The summed E-state index contributed by atoms with van der Waals surface area (Å²) in [7, 11) is 0. The zero-order chi connectivity index (χ0) is 13.0. The lowest BCUT2D eigenvalue weighted by molar-refractivity contribution is -0.202. The van der Waals surface area contributed by atoms with Crippen molar-refractivity contribution in [1.29, 1.82) is 0 Å². The van der Waals surface area contributed by atoms with Gasteiger partial charge in [0, 0.05) is 6.54 Å². The first kappa shape index (κ1) is 15.2. The summed E-state index contributed by atoms with van der Waals surface area (Å²) in [5.41, 5.74) is 4.47. The molecule has 0 spiro atoms. The third kappa shape index (κ3) is 3.97. The largest absolute Gasteiger partial charge is 0.416 e. The molecule has 2 atom stereocenters. The third-order valence-electron chi connectivity index (χ3n) is 2.61. The van der Waals surface area contributed by atoms with Crippen LogP contribution in [-0.2, 0) is 4.79 Å². The number of carbonyl (C=O) groups excluding carboxylic acids is 1. The highest BCUT2D eigenvalue weighted by atomic mass is 19.4. The molecule has 7 heteroatoms. The minimum absolute atomic E-state index is 0.0391. The van der Waals surface area contributed by atoms with E-state index in [-0.39, 0.29) is 6.54 Å². The molecule has 0 rings (SSSR count). The Kier molecular flexibility index (Phi) is 5.21. The highest BCUT2D eigenvalue weighted by Crippen LogP contribution is 2.21. The SMILES string of the molecule is CCC(C)(CN)C(=O)NCC(O)C(F)(F)F. The van der Waals surface area contributed by atoms with Crippen molar-refractivity contribution in [3.05, 3.63) is 0 Å².